The highest BCUT2D eigenvalue weighted by Gasteiger charge is 2.56. The Balaban J connectivity index is 1.27. The first-order valence-electron chi connectivity index (χ1n) is 20.0. The molecule has 0 radical (unpaired) electrons. The monoisotopic (exact) mass is 799 g/mol. The van der Waals surface area contributed by atoms with Crippen LogP contribution in [0.5, 0.6) is 5.75 Å². The van der Waals surface area contributed by atoms with E-state index in [4.69, 9.17) is 4.43 Å². The number of fused-ring (bicyclic) bond motifs is 2. The molecule has 0 bridgehead atoms. The number of imide groups is 1. The van der Waals surface area contributed by atoms with Gasteiger partial charge >= 0.3 is 0 Å². The third-order valence-electron chi connectivity index (χ3n) is 12.1. The van der Waals surface area contributed by atoms with Crippen molar-refractivity contribution < 1.29 is 29.3 Å². The average molecular weight is 800 g/mol. The lowest BCUT2D eigenvalue weighted by molar-refractivity contribution is -0.140. The fraction of sp³-hybridized carbons (Fsp3) is 0.333. The molecule has 2 amide bonds. The van der Waals surface area contributed by atoms with Crippen molar-refractivity contribution in [1.29, 1.82) is 0 Å². The Labute approximate surface area is 341 Å². The number of likely N-dealkylation sites (tertiary alicyclic amines) is 1. The molecule has 9 heteroatoms. The number of aliphatic hydroxyl groups excluding tert-OH is 2. The van der Waals surface area contributed by atoms with E-state index in [0.29, 0.717) is 18.4 Å². The molecule has 7 nitrogen and oxygen atoms in total. The van der Waals surface area contributed by atoms with Gasteiger partial charge in [0.2, 0.25) is 11.8 Å². The van der Waals surface area contributed by atoms with Crippen molar-refractivity contribution in [2.75, 3.05) is 13.2 Å². The third-order valence-corrected chi connectivity index (χ3v) is 17.9. The van der Waals surface area contributed by atoms with Gasteiger partial charge in [-0.3, -0.25) is 14.5 Å². The van der Waals surface area contributed by atoms with Gasteiger partial charge in [0, 0.05) is 16.2 Å². The standard InChI is InChI=1S/C48H53NO6SSi/c1-5-32(27-33-23-25-42(51)39-21-13-12-20-38(33)39)22-24-43(52)44-34(28-40-45(41(44)30-50)47(54)49(46(40)53)29-35-15-14-26-56-35)31-55-57(48(2,3)4,36-16-8-6-9-17-36)37-18-10-7-11-19-37/h6-21,23,25-27,40-41,43,45,50-52H,5,22,24,28-31H2,1-4H3/b32-27+/t40-,41+,43-,45-/m1/s1. The summed E-state index contributed by atoms with van der Waals surface area (Å²) < 4.78 is 7.43. The minimum Gasteiger partial charge on any atom is -0.507 e. The fourth-order valence-electron chi connectivity index (χ4n) is 9.31. The van der Waals surface area contributed by atoms with Crippen molar-refractivity contribution in [3.8, 4) is 5.75 Å². The van der Waals surface area contributed by atoms with Gasteiger partial charge in [0.25, 0.3) is 8.32 Å². The Morgan fingerprint density at radius 2 is 1.54 bits per heavy atom. The molecule has 5 aromatic rings. The van der Waals surface area contributed by atoms with Crippen molar-refractivity contribution in [2.24, 2.45) is 17.8 Å². The van der Waals surface area contributed by atoms with E-state index in [0.717, 1.165) is 49.2 Å². The molecule has 57 heavy (non-hydrogen) atoms. The Bertz CT molecular complexity index is 2220. The second-order valence-corrected chi connectivity index (χ2v) is 21.7. The molecule has 2 aliphatic rings. The molecule has 7 rings (SSSR count). The molecule has 1 fully saturated rings. The number of allylic oxidation sites excluding steroid dienone is 1. The van der Waals surface area contributed by atoms with Gasteiger partial charge in [-0.1, -0.05) is 136 Å². The number of aliphatic hydroxyl groups is 2. The van der Waals surface area contributed by atoms with E-state index in [-0.39, 0.29) is 48.8 Å². The van der Waals surface area contributed by atoms with E-state index in [2.05, 4.69) is 58.0 Å². The van der Waals surface area contributed by atoms with E-state index < -0.39 is 32.2 Å². The molecule has 4 atom stereocenters. The topological polar surface area (TPSA) is 107 Å². The molecule has 1 saturated heterocycles. The lowest BCUT2D eigenvalue weighted by atomic mass is 9.68. The van der Waals surface area contributed by atoms with E-state index in [1.54, 1.807) is 6.07 Å². The molecule has 0 spiro atoms. The number of phenolic OH excluding ortho intramolecular Hbond substituents is 1. The van der Waals surface area contributed by atoms with Crippen LogP contribution in [-0.4, -0.2) is 59.7 Å². The Kier molecular flexibility index (Phi) is 12.1. The van der Waals surface area contributed by atoms with Crippen molar-refractivity contribution in [1.82, 2.24) is 4.90 Å². The summed E-state index contributed by atoms with van der Waals surface area (Å²) in [6, 6.07) is 36.0. The summed E-state index contributed by atoms with van der Waals surface area (Å²) in [7, 11) is -3.03. The maximum absolute atomic E-state index is 14.2. The molecule has 0 unspecified atom stereocenters. The van der Waals surface area contributed by atoms with Gasteiger partial charge in [0.15, 0.2) is 0 Å². The summed E-state index contributed by atoms with van der Waals surface area (Å²) in [5.41, 5.74) is 3.53. The number of carbonyl (C=O) groups excluding carboxylic acids is 2. The van der Waals surface area contributed by atoms with Crippen LogP contribution in [0.1, 0.15) is 63.8 Å². The average Bonchev–Trinajstić information content (AvgIpc) is 3.82. The number of benzene rings is 4. The number of phenols is 1. The van der Waals surface area contributed by atoms with E-state index >= 15 is 0 Å². The predicted molar refractivity (Wildman–Crippen MR) is 232 cm³/mol. The third kappa shape index (κ3) is 7.84. The van der Waals surface area contributed by atoms with Gasteiger partial charge in [-0.25, -0.2) is 0 Å². The number of rotatable bonds is 14. The molecule has 2 heterocycles. The van der Waals surface area contributed by atoms with Gasteiger partial charge in [0.1, 0.15) is 5.75 Å². The van der Waals surface area contributed by atoms with Crippen LogP contribution in [0.15, 0.2) is 131 Å². The van der Waals surface area contributed by atoms with Gasteiger partial charge in [-0.05, 0) is 80.7 Å². The SMILES string of the molecule is CC/C(=C\c1ccc(O)c2ccccc12)CC[C@@H](O)C1=C(CO[Si](c2ccccc2)(c2ccccc2)C(C)(C)C)C[C@H]2C(=O)N(Cc3cccs3)C(=O)[C@H]2[C@H]1CO. The molecule has 4 aromatic carbocycles. The molecule has 1 aliphatic carbocycles. The van der Waals surface area contributed by atoms with E-state index in [1.165, 1.54) is 16.2 Å². The van der Waals surface area contributed by atoms with Crippen LogP contribution < -0.4 is 10.4 Å². The number of amides is 2. The number of thiophene rings is 1. The van der Waals surface area contributed by atoms with Crippen molar-refractivity contribution in [3.63, 3.8) is 0 Å². The van der Waals surface area contributed by atoms with Gasteiger partial charge < -0.3 is 19.7 Å². The van der Waals surface area contributed by atoms with Gasteiger partial charge in [-0.2, -0.15) is 0 Å². The number of hydrogen-bond acceptors (Lipinski definition) is 7. The first kappa shape index (κ1) is 40.5. The normalized spacial score (nSPS) is 19.7. The summed E-state index contributed by atoms with van der Waals surface area (Å²) in [4.78, 5) is 30.7. The largest absolute Gasteiger partial charge is 0.507 e. The van der Waals surface area contributed by atoms with E-state index in [1.807, 2.05) is 84.2 Å². The van der Waals surface area contributed by atoms with E-state index in [9.17, 15) is 24.9 Å². The molecular formula is C48H53NO6SSi. The first-order chi connectivity index (χ1) is 27.5. The maximum atomic E-state index is 14.2. The van der Waals surface area contributed by atoms with Crippen LogP contribution in [-0.2, 0) is 20.6 Å². The van der Waals surface area contributed by atoms with Crippen molar-refractivity contribution in [3.05, 3.63) is 142 Å². The summed E-state index contributed by atoms with van der Waals surface area (Å²) >= 11 is 1.50. The fourth-order valence-corrected chi connectivity index (χ4v) is 14.5. The molecule has 0 saturated carbocycles. The van der Waals surface area contributed by atoms with Crippen LogP contribution in [0.3, 0.4) is 0 Å². The Morgan fingerprint density at radius 3 is 2.14 bits per heavy atom. The number of hydrogen-bond donors (Lipinski definition) is 3. The number of aromatic hydroxyl groups is 1. The van der Waals surface area contributed by atoms with Gasteiger partial charge in [0.05, 0.1) is 37.7 Å². The minimum atomic E-state index is -3.03. The predicted octanol–water partition coefficient (Wildman–Crippen LogP) is 8.23. The number of nitrogens with zero attached hydrogens (tertiary/aromatic N) is 1. The lowest BCUT2D eigenvalue weighted by Gasteiger charge is -2.44. The molecule has 1 aromatic heterocycles. The first-order valence-corrected chi connectivity index (χ1v) is 22.8. The summed E-state index contributed by atoms with van der Waals surface area (Å²) in [6.45, 7) is 8.72. The Morgan fingerprint density at radius 1 is 0.895 bits per heavy atom. The van der Waals surface area contributed by atoms with Crippen molar-refractivity contribution >= 4 is 58.7 Å². The zero-order chi connectivity index (χ0) is 40.3. The van der Waals surface area contributed by atoms with Crippen LogP contribution in [0, 0.1) is 17.8 Å². The van der Waals surface area contributed by atoms with Crippen LogP contribution in [0.4, 0.5) is 0 Å². The minimum absolute atomic E-state index is 0.155. The Hall–Kier alpha value is -4.64. The van der Waals surface area contributed by atoms with Gasteiger partial charge in [-0.15, -0.1) is 11.3 Å². The summed E-state index contributed by atoms with van der Waals surface area (Å²) in [5.74, 6) is -2.45. The number of carbonyl (C=O) groups is 2. The molecular weight excluding hydrogens is 747 g/mol. The molecule has 296 valence electrons. The molecule has 3 N–H and O–H groups in total. The highest BCUT2D eigenvalue weighted by molar-refractivity contribution is 7.09. The smallest absolute Gasteiger partial charge is 0.261 e. The van der Waals surface area contributed by atoms with Crippen LogP contribution >= 0.6 is 11.3 Å². The zero-order valence-corrected chi connectivity index (χ0v) is 35.0. The molecule has 1 aliphatic heterocycles. The highest BCUT2D eigenvalue weighted by Crippen LogP contribution is 2.48. The second-order valence-electron chi connectivity index (χ2n) is 16.4. The maximum Gasteiger partial charge on any atom is 0.261 e. The lowest BCUT2D eigenvalue weighted by Crippen LogP contribution is -2.66. The van der Waals surface area contributed by atoms with Crippen molar-refractivity contribution in [2.45, 2.75) is 71.1 Å². The quantitative estimate of drug-likeness (QED) is 0.0594. The van der Waals surface area contributed by atoms with Crippen LogP contribution in [0.2, 0.25) is 5.04 Å². The zero-order valence-electron chi connectivity index (χ0n) is 33.2. The van der Waals surface area contributed by atoms with Crippen LogP contribution in [0.25, 0.3) is 16.8 Å². The summed E-state index contributed by atoms with van der Waals surface area (Å²) in [5, 5.41) is 39.6. The highest BCUT2D eigenvalue weighted by atomic mass is 32.1. The summed E-state index contributed by atoms with van der Waals surface area (Å²) in [6.07, 6.45) is 3.11. The second kappa shape index (κ2) is 17.1.